The number of non-ortho nitro benzene ring substituents is 1. The summed E-state index contributed by atoms with van der Waals surface area (Å²) in [4.78, 5) is 34.3. The summed E-state index contributed by atoms with van der Waals surface area (Å²) in [5.74, 6) is -0.190. The number of carboxylic acids is 1. The zero-order valence-electron chi connectivity index (χ0n) is 13.6. The van der Waals surface area contributed by atoms with Crippen molar-refractivity contribution in [1.82, 2.24) is 15.1 Å². The van der Waals surface area contributed by atoms with E-state index in [4.69, 9.17) is 0 Å². The molecule has 0 radical (unpaired) electrons. The van der Waals surface area contributed by atoms with Crippen LogP contribution in [0.15, 0.2) is 36.7 Å². The minimum Gasteiger partial charge on any atom is -0.480 e. The third-order valence-electron chi connectivity index (χ3n) is 4.28. The molecule has 0 unspecified atom stereocenters. The minimum absolute atomic E-state index is 0.0440. The summed E-state index contributed by atoms with van der Waals surface area (Å²) < 4.78 is 1.41. The molecule has 0 atom stereocenters. The van der Waals surface area contributed by atoms with Crippen molar-refractivity contribution in [2.45, 2.75) is 18.4 Å². The first-order chi connectivity index (χ1) is 12.4. The Hall–Kier alpha value is -2.88. The molecule has 136 valence electrons. The number of thioether (sulfide) groups is 1. The average molecular weight is 376 g/mol. The highest BCUT2D eigenvalue weighted by molar-refractivity contribution is 7.99. The number of nitro benzene ring substituents is 1. The van der Waals surface area contributed by atoms with Crippen LogP contribution < -0.4 is 5.32 Å². The maximum Gasteiger partial charge on any atom is 0.329 e. The van der Waals surface area contributed by atoms with Crippen LogP contribution >= 0.6 is 11.8 Å². The molecule has 1 saturated heterocycles. The van der Waals surface area contributed by atoms with Gasteiger partial charge in [0.1, 0.15) is 5.54 Å². The Balaban J connectivity index is 1.77. The largest absolute Gasteiger partial charge is 0.480 e. The summed E-state index contributed by atoms with van der Waals surface area (Å²) in [5.41, 5.74) is -0.519. The Labute approximate surface area is 152 Å². The Bertz CT molecular complexity index is 843. The lowest BCUT2D eigenvalue weighted by molar-refractivity contribution is -0.384. The van der Waals surface area contributed by atoms with Crippen LogP contribution in [0.1, 0.15) is 23.2 Å². The average Bonchev–Trinajstić information content (AvgIpc) is 3.13. The van der Waals surface area contributed by atoms with Gasteiger partial charge in [-0.3, -0.25) is 14.9 Å². The van der Waals surface area contributed by atoms with Crippen LogP contribution in [0.25, 0.3) is 5.69 Å². The normalized spacial score (nSPS) is 16.0. The van der Waals surface area contributed by atoms with E-state index in [1.54, 1.807) is 11.8 Å². The molecular formula is C16H16N4O5S. The summed E-state index contributed by atoms with van der Waals surface area (Å²) >= 11 is 1.66. The number of aliphatic carboxylic acids is 1. The van der Waals surface area contributed by atoms with Crippen molar-refractivity contribution in [2.24, 2.45) is 0 Å². The quantitative estimate of drug-likeness (QED) is 0.602. The van der Waals surface area contributed by atoms with E-state index in [9.17, 15) is 24.8 Å². The Morgan fingerprint density at radius 3 is 2.50 bits per heavy atom. The van der Waals surface area contributed by atoms with Crippen LogP contribution in [0, 0.1) is 10.1 Å². The number of carbonyl (C=O) groups excluding carboxylic acids is 1. The lowest BCUT2D eigenvalue weighted by Gasteiger charge is -2.33. The highest BCUT2D eigenvalue weighted by Gasteiger charge is 2.41. The predicted octanol–water partition coefficient (Wildman–Crippen LogP) is 1.86. The van der Waals surface area contributed by atoms with Crippen molar-refractivity contribution in [3.8, 4) is 5.69 Å². The van der Waals surface area contributed by atoms with Crippen LogP contribution in [0.2, 0.25) is 0 Å². The van der Waals surface area contributed by atoms with Gasteiger partial charge in [0.05, 0.1) is 22.4 Å². The van der Waals surface area contributed by atoms with Gasteiger partial charge in [0.15, 0.2) is 0 Å². The Morgan fingerprint density at radius 2 is 1.92 bits per heavy atom. The second kappa shape index (κ2) is 7.16. The molecule has 1 aromatic heterocycles. The van der Waals surface area contributed by atoms with E-state index in [-0.39, 0.29) is 11.3 Å². The summed E-state index contributed by atoms with van der Waals surface area (Å²) in [6.45, 7) is 0. The van der Waals surface area contributed by atoms with Crippen molar-refractivity contribution in [1.29, 1.82) is 0 Å². The van der Waals surface area contributed by atoms with Gasteiger partial charge in [-0.1, -0.05) is 0 Å². The molecule has 3 rings (SSSR count). The second-order valence-corrected chi connectivity index (χ2v) is 7.13. The predicted molar refractivity (Wildman–Crippen MR) is 94.6 cm³/mol. The Kier molecular flexibility index (Phi) is 4.94. The monoisotopic (exact) mass is 376 g/mol. The number of amides is 1. The first-order valence-corrected chi connectivity index (χ1v) is 9.00. The summed E-state index contributed by atoms with van der Waals surface area (Å²) in [5, 5.41) is 27.0. The Morgan fingerprint density at radius 1 is 1.27 bits per heavy atom. The highest BCUT2D eigenvalue weighted by Crippen LogP contribution is 2.28. The lowest BCUT2D eigenvalue weighted by Crippen LogP contribution is -2.56. The van der Waals surface area contributed by atoms with Gasteiger partial charge >= 0.3 is 5.97 Å². The number of nitrogens with zero attached hydrogens (tertiary/aromatic N) is 3. The van der Waals surface area contributed by atoms with Crippen LogP contribution in [0.5, 0.6) is 0 Å². The fraction of sp³-hybridized carbons (Fsp3) is 0.312. The summed E-state index contributed by atoms with van der Waals surface area (Å²) in [6.07, 6.45) is 3.54. The number of carboxylic acid groups (broad SMARTS) is 1. The maximum atomic E-state index is 12.5. The molecule has 9 nitrogen and oxygen atoms in total. The number of carbonyl (C=O) groups is 2. The van der Waals surface area contributed by atoms with Crippen LogP contribution in [-0.4, -0.2) is 48.7 Å². The van der Waals surface area contributed by atoms with Crippen LogP contribution in [0.3, 0.4) is 0 Å². The van der Waals surface area contributed by atoms with E-state index in [1.807, 2.05) is 0 Å². The van der Waals surface area contributed by atoms with Crippen molar-refractivity contribution < 1.29 is 19.6 Å². The molecule has 2 aromatic rings. The van der Waals surface area contributed by atoms with Crippen molar-refractivity contribution in [2.75, 3.05) is 11.5 Å². The number of nitro groups is 1. The van der Waals surface area contributed by atoms with Gasteiger partial charge in [-0.2, -0.15) is 16.9 Å². The molecule has 1 aliphatic rings. The molecule has 2 heterocycles. The topological polar surface area (TPSA) is 127 Å². The molecule has 0 spiro atoms. The molecule has 0 saturated carbocycles. The van der Waals surface area contributed by atoms with Crippen molar-refractivity contribution in [3.05, 3.63) is 52.3 Å². The molecule has 10 heteroatoms. The van der Waals surface area contributed by atoms with E-state index in [1.165, 1.54) is 41.3 Å². The lowest BCUT2D eigenvalue weighted by atomic mass is 9.92. The summed E-state index contributed by atoms with van der Waals surface area (Å²) in [7, 11) is 0. The van der Waals surface area contributed by atoms with Gasteiger partial charge in [0.2, 0.25) is 0 Å². The molecule has 0 aliphatic carbocycles. The third kappa shape index (κ3) is 3.54. The van der Waals surface area contributed by atoms with Crippen LogP contribution in [-0.2, 0) is 4.79 Å². The first kappa shape index (κ1) is 17.9. The fourth-order valence-corrected chi connectivity index (χ4v) is 3.90. The highest BCUT2D eigenvalue weighted by atomic mass is 32.2. The molecule has 2 N–H and O–H groups in total. The minimum atomic E-state index is -1.25. The van der Waals surface area contributed by atoms with Gasteiger partial charge < -0.3 is 10.4 Å². The molecule has 26 heavy (non-hydrogen) atoms. The van der Waals surface area contributed by atoms with Gasteiger partial charge in [-0.05, 0) is 36.5 Å². The second-order valence-electron chi connectivity index (χ2n) is 5.90. The SMILES string of the molecule is O=C(NC1(C(=O)O)CCSCC1)c1cnn(-c2ccc([N+](=O)[O-])cc2)c1. The fourth-order valence-electron chi connectivity index (χ4n) is 2.71. The van der Waals surface area contributed by atoms with Crippen molar-refractivity contribution >= 4 is 29.3 Å². The molecule has 1 aliphatic heterocycles. The smallest absolute Gasteiger partial charge is 0.329 e. The number of rotatable bonds is 5. The number of hydrogen-bond acceptors (Lipinski definition) is 6. The number of nitrogens with one attached hydrogen (secondary N) is 1. The van der Waals surface area contributed by atoms with E-state index in [2.05, 4.69) is 10.4 Å². The van der Waals surface area contributed by atoms with E-state index in [0.29, 0.717) is 30.0 Å². The van der Waals surface area contributed by atoms with E-state index in [0.717, 1.165) is 0 Å². The van der Waals surface area contributed by atoms with E-state index < -0.39 is 22.3 Å². The molecule has 1 amide bonds. The summed E-state index contributed by atoms with van der Waals surface area (Å²) in [6, 6.07) is 5.72. The number of aromatic nitrogens is 2. The van der Waals surface area contributed by atoms with Gasteiger partial charge in [0, 0.05) is 18.3 Å². The molecule has 1 fully saturated rings. The number of hydrogen-bond donors (Lipinski definition) is 2. The molecule has 1 aromatic carbocycles. The zero-order valence-corrected chi connectivity index (χ0v) is 14.4. The van der Waals surface area contributed by atoms with Gasteiger partial charge in [0.25, 0.3) is 11.6 Å². The zero-order chi connectivity index (χ0) is 18.7. The maximum absolute atomic E-state index is 12.5. The van der Waals surface area contributed by atoms with Crippen molar-refractivity contribution in [3.63, 3.8) is 0 Å². The van der Waals surface area contributed by atoms with Gasteiger partial charge in [-0.25, -0.2) is 9.48 Å². The number of benzene rings is 1. The van der Waals surface area contributed by atoms with Gasteiger partial charge in [-0.15, -0.1) is 0 Å². The molecular weight excluding hydrogens is 360 g/mol. The standard InChI is InChI=1S/C16H16N4O5S/c21-14(18-16(15(22)23)5-7-26-8-6-16)11-9-17-19(10-11)12-1-3-13(4-2-12)20(24)25/h1-4,9-10H,5-8H2,(H,18,21)(H,22,23). The van der Waals surface area contributed by atoms with E-state index >= 15 is 0 Å². The third-order valence-corrected chi connectivity index (χ3v) is 5.26. The first-order valence-electron chi connectivity index (χ1n) is 7.84. The molecule has 0 bridgehead atoms. The van der Waals surface area contributed by atoms with Crippen LogP contribution in [0.4, 0.5) is 5.69 Å².